The maximum atomic E-state index is 15.1. The molecule has 5 N–H and O–H groups in total. The van der Waals surface area contributed by atoms with Crippen LogP contribution in [-0.2, 0) is 5.54 Å². The van der Waals surface area contributed by atoms with E-state index in [1.807, 2.05) is 0 Å². The Morgan fingerprint density at radius 3 is 2.75 bits per heavy atom. The highest BCUT2D eigenvalue weighted by Crippen LogP contribution is 2.69. The molecule has 1 amide bonds. The first-order valence-corrected chi connectivity index (χ1v) is 12.2. The fraction of sp³-hybridized carbons (Fsp3) is 0.409. The van der Waals surface area contributed by atoms with E-state index in [-0.39, 0.29) is 17.1 Å². The van der Waals surface area contributed by atoms with E-state index >= 15 is 4.39 Å². The second-order valence-corrected chi connectivity index (χ2v) is 11.9. The number of hydrogen-bond donors (Lipinski definition) is 4. The van der Waals surface area contributed by atoms with Gasteiger partial charge in [0.1, 0.15) is 27.6 Å². The van der Waals surface area contributed by atoms with Gasteiger partial charge in [-0.3, -0.25) is 18.9 Å². The number of aryl methyl sites for hydroxylation is 1. The lowest BCUT2D eigenvalue weighted by molar-refractivity contribution is 0.102. The molecule has 1 aromatic heterocycles. The van der Waals surface area contributed by atoms with Gasteiger partial charge in [0.25, 0.3) is 5.91 Å². The Morgan fingerprint density at radius 1 is 1.34 bits per heavy atom. The topological polar surface area (TPSA) is 121 Å². The van der Waals surface area contributed by atoms with Gasteiger partial charge in [0, 0.05) is 17.4 Å². The number of nitrogens with one attached hydrogen (secondary N) is 1. The van der Waals surface area contributed by atoms with Gasteiger partial charge in [-0.15, -0.1) is 0 Å². The summed E-state index contributed by atoms with van der Waals surface area (Å²) < 4.78 is 36.4. The van der Waals surface area contributed by atoms with Gasteiger partial charge in [-0.2, -0.15) is 10.6 Å². The van der Waals surface area contributed by atoms with Crippen LogP contribution in [-0.4, -0.2) is 35.8 Å². The Bertz CT molecular complexity index is 1140. The van der Waals surface area contributed by atoms with Crippen molar-refractivity contribution < 1.29 is 18.3 Å². The average molecular weight is 481 g/mol. The van der Waals surface area contributed by atoms with Crippen molar-refractivity contribution in [1.29, 1.82) is 0 Å². The predicted molar refractivity (Wildman–Crippen MR) is 126 cm³/mol. The number of nitrogens with two attached hydrogens (primary N) is 1. The number of anilines is 1. The number of benzene rings is 1. The van der Waals surface area contributed by atoms with Gasteiger partial charge in [-0.1, -0.05) is 11.6 Å². The van der Waals surface area contributed by atoms with Crippen LogP contribution in [0.3, 0.4) is 0 Å². The lowest BCUT2D eigenvalue weighted by Gasteiger charge is -2.62. The van der Waals surface area contributed by atoms with Crippen molar-refractivity contribution in [2.24, 2.45) is 10.7 Å². The van der Waals surface area contributed by atoms with Crippen molar-refractivity contribution in [2.75, 3.05) is 5.32 Å². The number of fused-ring (bicyclic) bond motifs is 2. The van der Waals surface area contributed by atoms with Crippen LogP contribution in [0.5, 0.6) is 0 Å². The summed E-state index contributed by atoms with van der Waals surface area (Å²) in [6.45, 7) is 5.09. The molecule has 1 fully saturated rings. The molecule has 2 aliphatic heterocycles. The number of amidine groups is 1. The molecule has 2 aliphatic rings. The molecule has 172 valence electrons. The normalized spacial score (nSPS) is 29.7. The van der Waals surface area contributed by atoms with Crippen molar-refractivity contribution in [3.05, 3.63) is 58.1 Å². The van der Waals surface area contributed by atoms with Gasteiger partial charge in [0.05, 0.1) is 10.3 Å². The van der Waals surface area contributed by atoms with E-state index in [9.17, 15) is 13.9 Å². The van der Waals surface area contributed by atoms with Crippen molar-refractivity contribution in [1.82, 2.24) is 4.98 Å². The van der Waals surface area contributed by atoms with E-state index in [0.29, 0.717) is 29.1 Å². The molecule has 7 nitrogen and oxygen atoms in total. The van der Waals surface area contributed by atoms with Crippen LogP contribution in [0.1, 0.15) is 54.7 Å². The third-order valence-electron chi connectivity index (χ3n) is 6.73. The van der Waals surface area contributed by atoms with Crippen LogP contribution >= 0.6 is 22.2 Å². The number of amides is 1. The van der Waals surface area contributed by atoms with Gasteiger partial charge in [0.2, 0.25) is 0 Å². The van der Waals surface area contributed by atoms with Crippen LogP contribution in [0.15, 0.2) is 35.5 Å². The molecule has 3 heterocycles. The standard InChI is InChI=1S/C22H26ClFN4O3S/c1-12-9-13(23)11-26-18(12)19(29)27-14-6-7-16(24)15(10-14)22(3)17-5-4-8-21(2,20(25)28-22)32(17,30)31/h6-7,9-11,17,30-31H,4-5,8H2,1-3H3,(H2,25,28)(H,27,29)/t17-,21+,22+/m0/s1. The molecule has 0 radical (unpaired) electrons. The maximum absolute atomic E-state index is 15.1. The largest absolute Gasteiger partial charge is 0.386 e. The minimum absolute atomic E-state index is 0.116. The molecule has 0 unspecified atom stereocenters. The highest BCUT2D eigenvalue weighted by Gasteiger charge is 2.60. The van der Waals surface area contributed by atoms with Gasteiger partial charge < -0.3 is 11.1 Å². The first-order valence-electron chi connectivity index (χ1n) is 10.3. The van der Waals surface area contributed by atoms with E-state index in [4.69, 9.17) is 17.3 Å². The zero-order valence-electron chi connectivity index (χ0n) is 18.0. The lowest BCUT2D eigenvalue weighted by atomic mass is 9.82. The minimum Gasteiger partial charge on any atom is -0.386 e. The quantitative estimate of drug-likeness (QED) is 0.488. The lowest BCUT2D eigenvalue weighted by Crippen LogP contribution is -2.60. The highest BCUT2D eigenvalue weighted by atomic mass is 35.5. The summed E-state index contributed by atoms with van der Waals surface area (Å²) in [5.41, 5.74) is 6.21. The number of nitrogens with zero attached hydrogens (tertiary/aromatic N) is 2. The number of aromatic nitrogens is 1. The van der Waals surface area contributed by atoms with E-state index in [1.165, 1.54) is 24.4 Å². The van der Waals surface area contributed by atoms with Gasteiger partial charge in [-0.25, -0.2) is 9.37 Å². The summed E-state index contributed by atoms with van der Waals surface area (Å²) in [6.07, 6.45) is 3.10. The molecule has 4 rings (SSSR count). The predicted octanol–water partition coefficient (Wildman–Crippen LogP) is 5.08. The van der Waals surface area contributed by atoms with E-state index in [2.05, 4.69) is 15.3 Å². The average Bonchev–Trinajstić information content (AvgIpc) is 2.70. The van der Waals surface area contributed by atoms with Crippen LogP contribution in [0.25, 0.3) is 0 Å². The first kappa shape index (κ1) is 23.0. The molecular weight excluding hydrogens is 455 g/mol. The molecule has 1 aromatic carbocycles. The van der Waals surface area contributed by atoms with E-state index in [1.54, 1.807) is 26.8 Å². The Labute approximate surface area is 192 Å². The molecule has 2 bridgehead atoms. The van der Waals surface area contributed by atoms with Crippen LogP contribution < -0.4 is 11.1 Å². The van der Waals surface area contributed by atoms with Gasteiger partial charge in [-0.05, 0) is 69.9 Å². The number of rotatable bonds is 3. The Hall–Kier alpha value is -2.20. The monoisotopic (exact) mass is 480 g/mol. The van der Waals surface area contributed by atoms with Crippen molar-refractivity contribution in [2.45, 2.75) is 55.6 Å². The second kappa shape index (κ2) is 7.69. The number of hydrogen-bond acceptors (Lipinski definition) is 6. The van der Waals surface area contributed by atoms with Gasteiger partial charge >= 0.3 is 0 Å². The summed E-state index contributed by atoms with van der Waals surface area (Å²) in [4.78, 5) is 21.4. The van der Waals surface area contributed by atoms with Crippen molar-refractivity contribution >= 4 is 39.6 Å². The molecule has 0 spiro atoms. The third-order valence-corrected chi connectivity index (χ3v) is 10.2. The molecular formula is C22H26ClFN4O3S. The number of carbonyl (C=O) groups excluding carboxylic acids is 1. The van der Waals surface area contributed by atoms with Crippen molar-refractivity contribution in [3.8, 4) is 0 Å². The molecule has 32 heavy (non-hydrogen) atoms. The third kappa shape index (κ3) is 3.39. The summed E-state index contributed by atoms with van der Waals surface area (Å²) in [6, 6.07) is 5.77. The smallest absolute Gasteiger partial charge is 0.274 e. The number of pyridine rings is 1. The van der Waals surface area contributed by atoms with Gasteiger partial charge in [0.15, 0.2) is 0 Å². The van der Waals surface area contributed by atoms with Crippen molar-refractivity contribution in [3.63, 3.8) is 0 Å². The van der Waals surface area contributed by atoms with E-state index < -0.39 is 37.9 Å². The zero-order chi connectivity index (χ0) is 23.5. The first-order chi connectivity index (χ1) is 14.9. The molecule has 1 saturated heterocycles. The molecule has 2 aromatic rings. The Balaban J connectivity index is 1.74. The zero-order valence-corrected chi connectivity index (χ0v) is 19.6. The van der Waals surface area contributed by atoms with E-state index in [0.717, 1.165) is 6.42 Å². The Morgan fingerprint density at radius 2 is 2.06 bits per heavy atom. The summed E-state index contributed by atoms with van der Waals surface area (Å²) in [7, 11) is -3.21. The molecule has 0 aliphatic carbocycles. The molecule has 0 saturated carbocycles. The fourth-order valence-corrected chi connectivity index (χ4v) is 7.72. The molecule has 3 atom stereocenters. The van der Waals surface area contributed by atoms with Crippen LogP contribution in [0, 0.1) is 12.7 Å². The van der Waals surface area contributed by atoms with Crippen LogP contribution in [0.4, 0.5) is 10.1 Å². The van der Waals surface area contributed by atoms with Crippen LogP contribution in [0.2, 0.25) is 5.02 Å². The summed E-state index contributed by atoms with van der Waals surface area (Å²) in [5, 5.41) is 2.45. The summed E-state index contributed by atoms with van der Waals surface area (Å²) >= 11 is 5.91. The summed E-state index contributed by atoms with van der Waals surface area (Å²) in [5.74, 6) is -0.916. The maximum Gasteiger partial charge on any atom is 0.274 e. The fourth-order valence-electron chi connectivity index (χ4n) is 4.77. The Kier molecular flexibility index (Phi) is 5.52. The molecule has 10 heteroatoms. The number of carbonyl (C=O) groups is 1. The second-order valence-electron chi connectivity index (χ2n) is 8.82. The number of aliphatic imine (C=N–C) groups is 1. The minimum atomic E-state index is -3.21. The number of halogens is 2. The SMILES string of the molecule is Cc1cc(Cl)cnc1C(=O)Nc1ccc(F)c([C@@]2(C)N=C(N)[C@@]3(C)CCC[C@@H]2S3(O)O)c1. The highest BCUT2D eigenvalue weighted by molar-refractivity contribution is 8.26.